The second kappa shape index (κ2) is 8.49. The summed E-state index contributed by atoms with van der Waals surface area (Å²) < 4.78 is 2.15. The molecule has 1 heterocycles. The van der Waals surface area contributed by atoms with Crippen molar-refractivity contribution in [3.8, 4) is 11.4 Å². The molecule has 0 N–H and O–H groups in total. The Labute approximate surface area is 182 Å². The third-order valence-corrected chi connectivity index (χ3v) is 6.29. The van der Waals surface area contributed by atoms with Crippen molar-refractivity contribution < 1.29 is 0 Å². The fourth-order valence-corrected chi connectivity index (χ4v) is 4.53. The van der Waals surface area contributed by atoms with Crippen LogP contribution < -0.4 is 0 Å². The zero-order valence-corrected chi connectivity index (χ0v) is 18.6. The van der Waals surface area contributed by atoms with Crippen LogP contribution in [0.4, 0.5) is 0 Å². The van der Waals surface area contributed by atoms with Gasteiger partial charge in [-0.25, -0.2) is 0 Å². The highest BCUT2D eigenvalue weighted by molar-refractivity contribution is 7.98. The molecular weight excluding hydrogens is 386 g/mol. The summed E-state index contributed by atoms with van der Waals surface area (Å²) in [6.07, 6.45) is 1.90. The Morgan fingerprint density at radius 3 is 2.40 bits per heavy atom. The van der Waals surface area contributed by atoms with Crippen LogP contribution in [-0.2, 0) is 17.7 Å². The number of thioether (sulfide) groups is 1. The van der Waals surface area contributed by atoms with Crippen LogP contribution in [0.3, 0.4) is 0 Å². The van der Waals surface area contributed by atoms with Gasteiger partial charge in [0.2, 0.25) is 0 Å². The quantitative estimate of drug-likeness (QED) is 0.255. The van der Waals surface area contributed by atoms with Gasteiger partial charge >= 0.3 is 0 Å². The molecule has 0 atom stereocenters. The average Bonchev–Trinajstić information content (AvgIpc) is 3.14. The lowest BCUT2D eigenvalue weighted by Crippen LogP contribution is -2.10. The third-order valence-electron chi connectivity index (χ3n) is 5.27. The van der Waals surface area contributed by atoms with E-state index in [-0.39, 0.29) is 5.41 Å². The Morgan fingerprint density at radius 1 is 0.933 bits per heavy atom. The van der Waals surface area contributed by atoms with E-state index in [1.165, 1.54) is 21.9 Å². The van der Waals surface area contributed by atoms with Gasteiger partial charge in [-0.05, 0) is 27.3 Å². The van der Waals surface area contributed by atoms with Gasteiger partial charge in [0.1, 0.15) is 0 Å². The molecule has 0 spiro atoms. The summed E-state index contributed by atoms with van der Waals surface area (Å²) >= 11 is 1.72. The molecule has 3 aromatic carbocycles. The molecule has 152 valence electrons. The van der Waals surface area contributed by atoms with Crippen LogP contribution >= 0.6 is 11.8 Å². The van der Waals surface area contributed by atoms with E-state index in [4.69, 9.17) is 0 Å². The van der Waals surface area contributed by atoms with Crippen LogP contribution in [0.15, 0.2) is 84.5 Å². The first kappa shape index (κ1) is 20.4. The lowest BCUT2D eigenvalue weighted by atomic mass is 9.87. The van der Waals surface area contributed by atoms with E-state index in [2.05, 4.69) is 109 Å². The van der Waals surface area contributed by atoms with Crippen molar-refractivity contribution in [1.29, 1.82) is 0 Å². The van der Waals surface area contributed by atoms with Gasteiger partial charge in [0.15, 0.2) is 11.0 Å². The molecule has 30 heavy (non-hydrogen) atoms. The van der Waals surface area contributed by atoms with E-state index in [9.17, 15) is 0 Å². The van der Waals surface area contributed by atoms with E-state index in [0.29, 0.717) is 6.54 Å². The second-order valence-electron chi connectivity index (χ2n) is 8.46. The van der Waals surface area contributed by atoms with E-state index in [0.717, 1.165) is 22.3 Å². The fraction of sp³-hybridized carbons (Fsp3) is 0.231. The first-order valence-corrected chi connectivity index (χ1v) is 11.2. The molecule has 0 aliphatic rings. The largest absolute Gasteiger partial charge is 0.298 e. The summed E-state index contributed by atoms with van der Waals surface area (Å²) in [6, 6.07) is 23.6. The molecule has 0 aliphatic heterocycles. The summed E-state index contributed by atoms with van der Waals surface area (Å²) in [5.41, 5.74) is 3.83. The Hall–Kier alpha value is -2.85. The molecule has 0 amide bonds. The summed E-state index contributed by atoms with van der Waals surface area (Å²) in [5, 5.41) is 12.5. The maximum Gasteiger partial charge on any atom is 0.192 e. The van der Waals surface area contributed by atoms with Crippen molar-refractivity contribution in [1.82, 2.24) is 14.8 Å². The Bertz CT molecular complexity index is 1160. The number of nitrogens with zero attached hydrogens (tertiary/aromatic N) is 3. The summed E-state index contributed by atoms with van der Waals surface area (Å²) in [5.74, 6) is 1.73. The van der Waals surface area contributed by atoms with E-state index in [1.54, 1.807) is 11.8 Å². The molecule has 0 unspecified atom stereocenters. The van der Waals surface area contributed by atoms with Crippen LogP contribution in [0.1, 0.15) is 31.9 Å². The predicted molar refractivity (Wildman–Crippen MR) is 128 cm³/mol. The topological polar surface area (TPSA) is 30.7 Å². The van der Waals surface area contributed by atoms with Crippen molar-refractivity contribution in [2.24, 2.45) is 0 Å². The molecule has 0 bridgehead atoms. The molecule has 1 aromatic heterocycles. The van der Waals surface area contributed by atoms with Gasteiger partial charge in [0.05, 0.1) is 0 Å². The first-order valence-electron chi connectivity index (χ1n) is 10.2. The van der Waals surface area contributed by atoms with Gasteiger partial charge in [-0.3, -0.25) is 4.57 Å². The lowest BCUT2D eigenvalue weighted by Gasteiger charge is -2.19. The first-order chi connectivity index (χ1) is 14.5. The van der Waals surface area contributed by atoms with Gasteiger partial charge in [-0.2, -0.15) is 0 Å². The van der Waals surface area contributed by atoms with Crippen molar-refractivity contribution in [3.05, 3.63) is 90.5 Å². The number of aromatic nitrogens is 3. The predicted octanol–water partition coefficient (Wildman–Crippen LogP) is 6.87. The molecule has 4 aromatic rings. The van der Waals surface area contributed by atoms with Gasteiger partial charge in [0.25, 0.3) is 0 Å². The zero-order chi connectivity index (χ0) is 21.1. The minimum absolute atomic E-state index is 0.132. The summed E-state index contributed by atoms with van der Waals surface area (Å²) in [7, 11) is 0. The molecular formula is C26H27N3S. The van der Waals surface area contributed by atoms with Crippen LogP contribution in [-0.4, -0.2) is 14.8 Å². The number of hydrogen-bond donors (Lipinski definition) is 0. The average molecular weight is 414 g/mol. The van der Waals surface area contributed by atoms with Gasteiger partial charge in [0, 0.05) is 17.9 Å². The van der Waals surface area contributed by atoms with Gasteiger partial charge in [-0.1, -0.05) is 105 Å². The minimum Gasteiger partial charge on any atom is -0.298 e. The highest BCUT2D eigenvalue weighted by Crippen LogP contribution is 2.30. The highest BCUT2D eigenvalue weighted by Gasteiger charge is 2.17. The van der Waals surface area contributed by atoms with Crippen molar-refractivity contribution >= 4 is 22.5 Å². The lowest BCUT2D eigenvalue weighted by molar-refractivity contribution is 0.590. The Kier molecular flexibility index (Phi) is 5.78. The molecule has 0 saturated carbocycles. The van der Waals surface area contributed by atoms with E-state index < -0.39 is 0 Å². The van der Waals surface area contributed by atoms with Crippen molar-refractivity contribution in [3.63, 3.8) is 0 Å². The van der Waals surface area contributed by atoms with Crippen LogP contribution in [0, 0.1) is 0 Å². The molecule has 0 radical (unpaired) electrons. The molecule has 0 fully saturated rings. The van der Waals surface area contributed by atoms with Crippen LogP contribution in [0.5, 0.6) is 0 Å². The normalized spacial score (nSPS) is 11.7. The van der Waals surface area contributed by atoms with Crippen LogP contribution in [0.2, 0.25) is 0 Å². The van der Waals surface area contributed by atoms with Crippen LogP contribution in [0.25, 0.3) is 22.2 Å². The molecule has 4 rings (SSSR count). The van der Waals surface area contributed by atoms with Crippen molar-refractivity contribution in [2.75, 3.05) is 0 Å². The standard InChI is InChI=1S/C26H27N3S/c1-5-17-29-24(20-13-15-22(16-14-20)26(2,3)4)27-28-25(29)30-18-21-11-8-10-19-9-6-7-12-23(19)21/h5-16H,1,17-18H2,2-4H3. The molecule has 3 nitrogen and oxygen atoms in total. The Balaban J connectivity index is 1.62. The Morgan fingerprint density at radius 2 is 1.67 bits per heavy atom. The number of hydrogen-bond acceptors (Lipinski definition) is 3. The van der Waals surface area contributed by atoms with Crippen molar-refractivity contribution in [2.45, 2.75) is 43.6 Å². The molecule has 0 aliphatic carbocycles. The SMILES string of the molecule is C=CCn1c(SCc2cccc3ccccc23)nnc1-c1ccc(C(C)(C)C)cc1. The molecule has 0 saturated heterocycles. The maximum atomic E-state index is 4.52. The molecule has 4 heteroatoms. The summed E-state index contributed by atoms with van der Waals surface area (Å²) in [4.78, 5) is 0. The number of rotatable bonds is 6. The maximum absolute atomic E-state index is 4.52. The number of fused-ring (bicyclic) bond motifs is 1. The fourth-order valence-electron chi connectivity index (χ4n) is 3.58. The highest BCUT2D eigenvalue weighted by atomic mass is 32.2. The third kappa shape index (κ3) is 4.19. The van der Waals surface area contributed by atoms with Gasteiger partial charge in [-0.15, -0.1) is 16.8 Å². The smallest absolute Gasteiger partial charge is 0.192 e. The number of benzene rings is 3. The zero-order valence-electron chi connectivity index (χ0n) is 17.8. The monoisotopic (exact) mass is 413 g/mol. The summed E-state index contributed by atoms with van der Waals surface area (Å²) in [6.45, 7) is 11.3. The van der Waals surface area contributed by atoms with E-state index >= 15 is 0 Å². The minimum atomic E-state index is 0.132. The number of allylic oxidation sites excluding steroid dienone is 1. The second-order valence-corrected chi connectivity index (χ2v) is 9.40. The van der Waals surface area contributed by atoms with E-state index in [1.807, 2.05) is 6.08 Å². The van der Waals surface area contributed by atoms with Gasteiger partial charge < -0.3 is 0 Å².